The van der Waals surface area contributed by atoms with Crippen LogP contribution >= 0.6 is 11.8 Å². The maximum absolute atomic E-state index is 12.7. The molecule has 4 nitrogen and oxygen atoms in total. The number of aliphatic hydroxyl groups is 2. The number of halogens is 3. The summed E-state index contributed by atoms with van der Waals surface area (Å²) in [6.45, 7) is 1.36. The van der Waals surface area contributed by atoms with E-state index in [4.69, 9.17) is 5.73 Å². The Hall–Kier alpha value is -1.25. The Bertz CT molecular complexity index is 508. The molecule has 0 amide bonds. The number of nitrogens with two attached hydrogens (primary N) is 1. The zero-order valence-corrected chi connectivity index (χ0v) is 12.0. The highest BCUT2D eigenvalue weighted by molar-refractivity contribution is 8.13. The first-order chi connectivity index (χ1) is 9.62. The maximum Gasteiger partial charge on any atom is 0.418 e. The molecule has 1 aromatic carbocycles. The van der Waals surface area contributed by atoms with Crippen molar-refractivity contribution in [1.82, 2.24) is 0 Å². The van der Waals surface area contributed by atoms with E-state index in [1.54, 1.807) is 0 Å². The van der Waals surface area contributed by atoms with Gasteiger partial charge in [0.05, 0.1) is 11.7 Å². The summed E-state index contributed by atoms with van der Waals surface area (Å²) in [5.41, 5.74) is 3.69. The van der Waals surface area contributed by atoms with Crippen LogP contribution in [0.3, 0.4) is 0 Å². The molecule has 0 aromatic heterocycles. The van der Waals surface area contributed by atoms with Crippen LogP contribution in [0.5, 0.6) is 0 Å². The molecule has 8 heteroatoms. The van der Waals surface area contributed by atoms with E-state index in [1.807, 2.05) is 0 Å². The van der Waals surface area contributed by atoms with Crippen LogP contribution in [0.25, 0.3) is 0 Å². The van der Waals surface area contributed by atoms with Crippen molar-refractivity contribution in [3.63, 3.8) is 0 Å². The minimum absolute atomic E-state index is 0.0724. The summed E-state index contributed by atoms with van der Waals surface area (Å²) in [5.74, 6) is 0.272. The van der Waals surface area contributed by atoms with E-state index >= 15 is 0 Å². The highest BCUT2D eigenvalue weighted by Crippen LogP contribution is 2.35. The van der Waals surface area contributed by atoms with Crippen LogP contribution < -0.4 is 5.73 Å². The molecule has 0 aliphatic heterocycles. The molecule has 0 saturated carbocycles. The Kier molecular flexibility index (Phi) is 6.06. The number of benzene rings is 1. The summed E-state index contributed by atoms with van der Waals surface area (Å²) in [4.78, 5) is 10.7. The first-order valence-corrected chi connectivity index (χ1v) is 7.07. The van der Waals surface area contributed by atoms with Crippen molar-refractivity contribution in [2.24, 2.45) is 0 Å². The average Bonchev–Trinajstić information content (AvgIpc) is 2.36. The van der Waals surface area contributed by atoms with Crippen LogP contribution in [0.15, 0.2) is 18.2 Å². The SMILES string of the molecule is CC(=O)SCCC(O)C(O)c1ccc(N)c(C(F)(F)F)c1. The van der Waals surface area contributed by atoms with Crippen molar-refractivity contribution >= 4 is 22.6 Å². The van der Waals surface area contributed by atoms with Crippen molar-refractivity contribution < 1.29 is 28.2 Å². The van der Waals surface area contributed by atoms with Crippen molar-refractivity contribution in [2.75, 3.05) is 11.5 Å². The summed E-state index contributed by atoms with van der Waals surface area (Å²) in [6, 6.07) is 3.00. The summed E-state index contributed by atoms with van der Waals surface area (Å²) in [5, 5.41) is 19.5. The predicted octanol–water partition coefficient (Wildman–Crippen LogP) is 2.35. The van der Waals surface area contributed by atoms with E-state index in [-0.39, 0.29) is 22.9 Å². The Morgan fingerprint density at radius 3 is 2.52 bits per heavy atom. The molecule has 21 heavy (non-hydrogen) atoms. The lowest BCUT2D eigenvalue weighted by Gasteiger charge is -2.19. The zero-order chi connectivity index (χ0) is 16.2. The van der Waals surface area contributed by atoms with E-state index in [1.165, 1.54) is 13.0 Å². The Labute approximate surface area is 124 Å². The molecule has 118 valence electrons. The van der Waals surface area contributed by atoms with Crippen molar-refractivity contribution in [1.29, 1.82) is 0 Å². The lowest BCUT2D eigenvalue weighted by Crippen LogP contribution is -2.20. The van der Waals surface area contributed by atoms with Gasteiger partial charge in [0.2, 0.25) is 0 Å². The first-order valence-electron chi connectivity index (χ1n) is 6.09. The molecule has 2 unspecified atom stereocenters. The standard InChI is InChI=1S/C13H16F3NO3S/c1-7(18)21-5-4-11(19)12(20)8-2-3-10(17)9(6-8)13(14,15)16/h2-3,6,11-12,19-20H,4-5,17H2,1H3. The van der Waals surface area contributed by atoms with Gasteiger partial charge in [-0.1, -0.05) is 17.8 Å². The second-order valence-electron chi connectivity index (χ2n) is 4.49. The van der Waals surface area contributed by atoms with E-state index < -0.39 is 29.6 Å². The highest BCUT2D eigenvalue weighted by Gasteiger charge is 2.34. The van der Waals surface area contributed by atoms with Crippen molar-refractivity contribution in [3.05, 3.63) is 29.3 Å². The van der Waals surface area contributed by atoms with E-state index in [0.29, 0.717) is 0 Å². The number of hydrogen-bond acceptors (Lipinski definition) is 5. The van der Waals surface area contributed by atoms with Crippen LogP contribution in [0.2, 0.25) is 0 Å². The Morgan fingerprint density at radius 2 is 2.00 bits per heavy atom. The van der Waals surface area contributed by atoms with Gasteiger partial charge in [0, 0.05) is 18.4 Å². The molecular weight excluding hydrogens is 307 g/mol. The molecule has 0 aliphatic rings. The monoisotopic (exact) mass is 323 g/mol. The lowest BCUT2D eigenvalue weighted by atomic mass is 9.99. The van der Waals surface area contributed by atoms with Gasteiger partial charge in [0.15, 0.2) is 5.12 Å². The maximum atomic E-state index is 12.7. The third-order valence-electron chi connectivity index (χ3n) is 2.81. The fraction of sp³-hybridized carbons (Fsp3) is 0.462. The van der Waals surface area contributed by atoms with Gasteiger partial charge in [-0.25, -0.2) is 0 Å². The second-order valence-corrected chi connectivity index (χ2v) is 5.76. The van der Waals surface area contributed by atoms with Crippen LogP contribution in [-0.2, 0) is 11.0 Å². The van der Waals surface area contributed by atoms with Crippen LogP contribution in [0, 0.1) is 0 Å². The van der Waals surface area contributed by atoms with E-state index in [2.05, 4.69) is 0 Å². The molecule has 0 fully saturated rings. The number of aliphatic hydroxyl groups excluding tert-OH is 2. The van der Waals surface area contributed by atoms with Gasteiger partial charge in [-0.3, -0.25) is 4.79 Å². The van der Waals surface area contributed by atoms with Gasteiger partial charge in [-0.05, 0) is 24.1 Å². The number of rotatable bonds is 5. The molecule has 0 aliphatic carbocycles. The molecule has 4 N–H and O–H groups in total. The predicted molar refractivity (Wildman–Crippen MR) is 74.6 cm³/mol. The fourth-order valence-corrected chi connectivity index (χ4v) is 2.35. The third kappa shape index (κ3) is 5.22. The normalized spacial score (nSPS) is 14.8. The number of thioether (sulfide) groups is 1. The minimum Gasteiger partial charge on any atom is -0.398 e. The smallest absolute Gasteiger partial charge is 0.398 e. The van der Waals surface area contributed by atoms with Gasteiger partial charge < -0.3 is 15.9 Å². The summed E-state index contributed by atoms with van der Waals surface area (Å²) < 4.78 is 38.2. The highest BCUT2D eigenvalue weighted by atomic mass is 32.2. The second kappa shape index (κ2) is 7.15. The first kappa shape index (κ1) is 17.8. The number of alkyl halides is 3. The van der Waals surface area contributed by atoms with Crippen LogP contribution in [-0.4, -0.2) is 27.2 Å². The van der Waals surface area contributed by atoms with Gasteiger partial charge >= 0.3 is 6.18 Å². The minimum atomic E-state index is -4.63. The molecule has 1 rings (SSSR count). The number of carbonyl (C=O) groups excluding carboxylic acids is 1. The topological polar surface area (TPSA) is 83.5 Å². The van der Waals surface area contributed by atoms with Crippen LogP contribution in [0.4, 0.5) is 18.9 Å². The quantitative estimate of drug-likeness (QED) is 0.725. The van der Waals surface area contributed by atoms with E-state index in [9.17, 15) is 28.2 Å². The molecule has 0 radical (unpaired) electrons. The van der Waals surface area contributed by atoms with Gasteiger partial charge in [-0.15, -0.1) is 0 Å². The van der Waals surface area contributed by atoms with Crippen molar-refractivity contribution in [3.8, 4) is 0 Å². The molecular formula is C13H16F3NO3S. The molecule has 0 bridgehead atoms. The van der Waals surface area contributed by atoms with Crippen LogP contribution in [0.1, 0.15) is 30.6 Å². The zero-order valence-electron chi connectivity index (χ0n) is 11.2. The Morgan fingerprint density at radius 1 is 1.38 bits per heavy atom. The van der Waals surface area contributed by atoms with Gasteiger partial charge in [0.25, 0.3) is 0 Å². The number of carbonyl (C=O) groups is 1. The molecule has 0 spiro atoms. The van der Waals surface area contributed by atoms with Gasteiger partial charge in [0.1, 0.15) is 6.10 Å². The summed E-state index contributed by atoms with van der Waals surface area (Å²) in [7, 11) is 0. The number of anilines is 1. The molecule has 0 heterocycles. The third-order valence-corrected chi connectivity index (χ3v) is 3.65. The number of hydrogen-bond donors (Lipinski definition) is 3. The fourth-order valence-electron chi connectivity index (χ4n) is 1.71. The molecule has 2 atom stereocenters. The lowest BCUT2D eigenvalue weighted by molar-refractivity contribution is -0.137. The summed E-state index contributed by atoms with van der Waals surface area (Å²) in [6.07, 6.45) is -7.28. The average molecular weight is 323 g/mol. The number of nitrogen functional groups attached to an aromatic ring is 1. The van der Waals surface area contributed by atoms with Gasteiger partial charge in [-0.2, -0.15) is 13.2 Å². The summed E-state index contributed by atoms with van der Waals surface area (Å²) >= 11 is 0.972. The van der Waals surface area contributed by atoms with Crippen molar-refractivity contribution in [2.45, 2.75) is 31.7 Å². The largest absolute Gasteiger partial charge is 0.418 e. The van der Waals surface area contributed by atoms with E-state index in [0.717, 1.165) is 23.9 Å². The Balaban J connectivity index is 2.82. The molecule has 1 aromatic rings. The molecule has 0 saturated heterocycles.